The summed E-state index contributed by atoms with van der Waals surface area (Å²) in [6.07, 6.45) is 3.26. The van der Waals surface area contributed by atoms with Crippen LogP contribution in [0.1, 0.15) is 5.56 Å². The Morgan fingerprint density at radius 1 is 1.29 bits per heavy atom. The Labute approximate surface area is 102 Å². The third-order valence-corrected chi connectivity index (χ3v) is 3.16. The third-order valence-electron chi connectivity index (χ3n) is 1.48. The predicted octanol–water partition coefficient (Wildman–Crippen LogP) is 2.87. The van der Waals surface area contributed by atoms with Crippen LogP contribution < -0.4 is 0 Å². The summed E-state index contributed by atoms with van der Waals surface area (Å²) in [5.41, 5.74) is 0.964. The summed E-state index contributed by atoms with van der Waals surface area (Å²) < 4.78 is 22.3. The average molecular weight is 343 g/mol. The minimum Gasteiger partial charge on any atom is -0.212 e. The first-order chi connectivity index (χ1) is 6.47. The van der Waals surface area contributed by atoms with Gasteiger partial charge in [0.1, 0.15) is 0 Å². The normalized spacial score (nSPS) is 12.1. The molecule has 0 aliphatic rings. The van der Waals surface area contributed by atoms with Gasteiger partial charge < -0.3 is 0 Å². The van der Waals surface area contributed by atoms with Crippen LogP contribution in [0.15, 0.2) is 30.3 Å². The van der Waals surface area contributed by atoms with Crippen LogP contribution in [0.5, 0.6) is 0 Å². The number of halogens is 2. The van der Waals surface area contributed by atoms with E-state index in [4.69, 9.17) is 10.7 Å². The van der Waals surface area contributed by atoms with Crippen LogP contribution in [-0.4, -0.2) is 14.2 Å². The van der Waals surface area contributed by atoms with Gasteiger partial charge in [-0.15, -0.1) is 0 Å². The Hall–Kier alpha value is -0.0700. The number of benzene rings is 1. The molecule has 1 rings (SSSR count). The summed E-state index contributed by atoms with van der Waals surface area (Å²) in [5.74, 6) is -0.138. The largest absolute Gasteiger partial charge is 0.236 e. The van der Waals surface area contributed by atoms with Crippen molar-refractivity contribution in [3.05, 3.63) is 39.5 Å². The highest BCUT2D eigenvalue weighted by Crippen LogP contribution is 2.08. The summed E-state index contributed by atoms with van der Waals surface area (Å²) in [6.45, 7) is 0. The quantitative estimate of drug-likeness (QED) is 0.625. The number of rotatable bonds is 3. The Morgan fingerprint density at radius 2 is 1.86 bits per heavy atom. The van der Waals surface area contributed by atoms with Gasteiger partial charge in [-0.3, -0.25) is 0 Å². The average Bonchev–Trinajstić information content (AvgIpc) is 2.06. The molecular weight excluding hydrogens is 335 g/mol. The van der Waals surface area contributed by atoms with E-state index >= 15 is 0 Å². The van der Waals surface area contributed by atoms with Gasteiger partial charge in [-0.05, 0) is 40.3 Å². The molecule has 1 aromatic rings. The van der Waals surface area contributed by atoms with E-state index in [1.807, 2.05) is 24.3 Å². The lowest BCUT2D eigenvalue weighted by atomic mass is 10.2. The molecule has 0 unspecified atom stereocenters. The standard InChI is InChI=1S/C9H8ClIO2S/c10-14(12,13)7-1-2-8-3-5-9(11)6-4-8/h1-6H,7H2. The molecule has 2 nitrogen and oxygen atoms in total. The second-order valence-electron chi connectivity index (χ2n) is 2.66. The molecule has 0 N–H and O–H groups in total. The van der Waals surface area contributed by atoms with Gasteiger partial charge in [0, 0.05) is 14.3 Å². The molecule has 0 aliphatic heterocycles. The second kappa shape index (κ2) is 5.14. The lowest BCUT2D eigenvalue weighted by Gasteiger charge is -1.93. The first kappa shape index (κ1) is 12.0. The fourth-order valence-corrected chi connectivity index (χ4v) is 1.78. The van der Waals surface area contributed by atoms with Crippen LogP contribution in [0.25, 0.3) is 6.08 Å². The minimum atomic E-state index is -3.42. The fourth-order valence-electron chi connectivity index (χ4n) is 0.873. The first-order valence-electron chi connectivity index (χ1n) is 3.82. The molecule has 0 saturated carbocycles. The molecule has 14 heavy (non-hydrogen) atoms. The number of hydrogen-bond acceptors (Lipinski definition) is 2. The second-order valence-corrected chi connectivity index (χ2v) is 6.73. The number of hydrogen-bond donors (Lipinski definition) is 0. The molecule has 5 heteroatoms. The molecule has 0 aromatic heterocycles. The van der Waals surface area contributed by atoms with Gasteiger partial charge in [0.15, 0.2) is 0 Å². The van der Waals surface area contributed by atoms with E-state index in [1.54, 1.807) is 6.08 Å². The molecular formula is C9H8ClIO2S. The molecule has 0 aliphatic carbocycles. The molecule has 0 spiro atoms. The third kappa shape index (κ3) is 4.97. The van der Waals surface area contributed by atoms with E-state index in [0.717, 1.165) is 9.13 Å². The van der Waals surface area contributed by atoms with Crippen molar-refractivity contribution >= 4 is 48.4 Å². The summed E-state index contributed by atoms with van der Waals surface area (Å²) in [4.78, 5) is 0. The molecule has 0 saturated heterocycles. The van der Waals surface area contributed by atoms with Crippen molar-refractivity contribution in [2.24, 2.45) is 0 Å². The minimum absolute atomic E-state index is 0.138. The SMILES string of the molecule is O=S(=O)(Cl)CC=Cc1ccc(I)cc1. The van der Waals surface area contributed by atoms with Crippen molar-refractivity contribution in [2.75, 3.05) is 5.75 Å². The van der Waals surface area contributed by atoms with Crippen molar-refractivity contribution in [1.29, 1.82) is 0 Å². The maximum absolute atomic E-state index is 10.6. The van der Waals surface area contributed by atoms with E-state index in [0.29, 0.717) is 0 Å². The monoisotopic (exact) mass is 342 g/mol. The predicted molar refractivity (Wildman–Crippen MR) is 67.8 cm³/mol. The molecule has 0 fully saturated rings. The lowest BCUT2D eigenvalue weighted by molar-refractivity contribution is 0.612. The molecule has 0 bridgehead atoms. The van der Waals surface area contributed by atoms with Gasteiger partial charge in [-0.1, -0.05) is 24.3 Å². The van der Waals surface area contributed by atoms with E-state index in [2.05, 4.69) is 22.6 Å². The Balaban J connectivity index is 2.65. The van der Waals surface area contributed by atoms with Crippen LogP contribution >= 0.6 is 33.3 Å². The Kier molecular flexibility index (Phi) is 4.40. The van der Waals surface area contributed by atoms with Crippen LogP contribution in [0.3, 0.4) is 0 Å². The van der Waals surface area contributed by atoms with Gasteiger partial charge >= 0.3 is 0 Å². The van der Waals surface area contributed by atoms with Crippen molar-refractivity contribution < 1.29 is 8.42 Å². The highest BCUT2D eigenvalue weighted by atomic mass is 127. The summed E-state index contributed by atoms with van der Waals surface area (Å²) in [5, 5.41) is 0. The molecule has 76 valence electrons. The zero-order chi connectivity index (χ0) is 10.6. The van der Waals surface area contributed by atoms with Gasteiger partial charge in [-0.25, -0.2) is 8.42 Å². The maximum Gasteiger partial charge on any atom is 0.236 e. The van der Waals surface area contributed by atoms with Gasteiger partial charge in [0.2, 0.25) is 9.05 Å². The van der Waals surface area contributed by atoms with Crippen LogP contribution in [0.2, 0.25) is 0 Å². The summed E-state index contributed by atoms with van der Waals surface area (Å²) in [6, 6.07) is 7.74. The molecule has 0 amide bonds. The summed E-state index contributed by atoms with van der Waals surface area (Å²) in [7, 11) is 1.63. The fraction of sp³-hybridized carbons (Fsp3) is 0.111. The Bertz CT molecular complexity index is 423. The van der Waals surface area contributed by atoms with Crippen LogP contribution in [0.4, 0.5) is 0 Å². The lowest BCUT2D eigenvalue weighted by Crippen LogP contribution is -1.91. The van der Waals surface area contributed by atoms with Gasteiger partial charge in [0.05, 0.1) is 5.75 Å². The topological polar surface area (TPSA) is 34.1 Å². The van der Waals surface area contributed by atoms with E-state index in [1.165, 1.54) is 6.08 Å². The van der Waals surface area contributed by atoms with E-state index in [-0.39, 0.29) is 5.75 Å². The molecule has 1 aromatic carbocycles. The van der Waals surface area contributed by atoms with Crippen LogP contribution in [0, 0.1) is 3.57 Å². The maximum atomic E-state index is 10.6. The highest BCUT2D eigenvalue weighted by molar-refractivity contribution is 14.1. The van der Waals surface area contributed by atoms with Crippen molar-refractivity contribution in [1.82, 2.24) is 0 Å². The molecule has 0 radical (unpaired) electrons. The van der Waals surface area contributed by atoms with Crippen molar-refractivity contribution in [2.45, 2.75) is 0 Å². The van der Waals surface area contributed by atoms with Crippen LogP contribution in [-0.2, 0) is 9.05 Å². The smallest absolute Gasteiger partial charge is 0.212 e. The Morgan fingerprint density at radius 3 is 2.36 bits per heavy atom. The van der Waals surface area contributed by atoms with Gasteiger partial charge in [0.25, 0.3) is 0 Å². The highest BCUT2D eigenvalue weighted by Gasteiger charge is 1.99. The van der Waals surface area contributed by atoms with E-state index in [9.17, 15) is 8.42 Å². The zero-order valence-electron chi connectivity index (χ0n) is 7.15. The summed E-state index contributed by atoms with van der Waals surface area (Å²) >= 11 is 2.21. The van der Waals surface area contributed by atoms with Crippen molar-refractivity contribution in [3.8, 4) is 0 Å². The molecule has 0 heterocycles. The van der Waals surface area contributed by atoms with Gasteiger partial charge in [-0.2, -0.15) is 0 Å². The molecule has 0 atom stereocenters. The van der Waals surface area contributed by atoms with E-state index < -0.39 is 9.05 Å². The first-order valence-corrected chi connectivity index (χ1v) is 7.37. The van der Waals surface area contributed by atoms with Crippen molar-refractivity contribution in [3.63, 3.8) is 0 Å². The zero-order valence-corrected chi connectivity index (χ0v) is 10.9.